The summed E-state index contributed by atoms with van der Waals surface area (Å²) in [6.45, 7) is 0. The number of carbonyl (C=O) groups excluding carboxylic acids is 1. The van der Waals surface area contributed by atoms with E-state index in [1.165, 1.54) is 21.9 Å². The Balaban J connectivity index is 1.54. The average Bonchev–Trinajstić information content (AvgIpc) is 3.25. The van der Waals surface area contributed by atoms with Crippen LogP contribution < -0.4 is 5.32 Å². The Hall–Kier alpha value is -2.85. The number of H-pyrrole nitrogens is 2. The second kappa shape index (κ2) is 5.60. The van der Waals surface area contributed by atoms with Gasteiger partial charge in [-0.25, -0.2) is 0 Å². The standard InChI is InChI=1S/C21H19N3O/c25-13-9-20(16-11-22-18-7-3-1-5-14(16)18)24-21(10-13)17-12-23-19-8-4-2-6-15(17)19/h1-8,11-12,20-24H,9-10H2. The lowest BCUT2D eigenvalue weighted by molar-refractivity contribution is -0.121. The summed E-state index contributed by atoms with van der Waals surface area (Å²) in [5.41, 5.74) is 4.57. The fourth-order valence-corrected chi connectivity index (χ4v) is 4.06. The number of ketones is 1. The van der Waals surface area contributed by atoms with E-state index in [2.05, 4.69) is 39.6 Å². The molecule has 4 heteroatoms. The third kappa shape index (κ3) is 2.37. The van der Waals surface area contributed by atoms with Crippen LogP contribution in [0.1, 0.15) is 36.1 Å². The van der Waals surface area contributed by atoms with Crippen LogP contribution in [-0.2, 0) is 4.79 Å². The number of fused-ring (bicyclic) bond motifs is 2. The number of para-hydroxylation sites is 2. The van der Waals surface area contributed by atoms with Crippen LogP contribution in [0.2, 0.25) is 0 Å². The quantitative estimate of drug-likeness (QED) is 0.511. The van der Waals surface area contributed by atoms with Gasteiger partial charge in [0.25, 0.3) is 0 Å². The van der Waals surface area contributed by atoms with Crippen LogP contribution in [0.5, 0.6) is 0 Å². The Morgan fingerprint density at radius 2 is 1.20 bits per heavy atom. The lowest BCUT2D eigenvalue weighted by Gasteiger charge is -2.30. The summed E-state index contributed by atoms with van der Waals surface area (Å²) in [6, 6.07) is 16.6. The number of aromatic amines is 2. The first-order valence-electron chi connectivity index (χ1n) is 8.69. The molecule has 0 spiro atoms. The maximum atomic E-state index is 12.5. The SMILES string of the molecule is O=C1CC(c2c[nH]c3ccccc23)NC(c2c[nH]c3ccccc23)C1. The molecule has 1 aliphatic heterocycles. The van der Waals surface area contributed by atoms with E-state index in [0.717, 1.165) is 11.0 Å². The summed E-state index contributed by atoms with van der Waals surface area (Å²) < 4.78 is 0. The highest BCUT2D eigenvalue weighted by Gasteiger charge is 2.30. The molecule has 1 aliphatic rings. The van der Waals surface area contributed by atoms with Crippen molar-refractivity contribution in [2.24, 2.45) is 0 Å². The fraction of sp³-hybridized carbons (Fsp3) is 0.190. The van der Waals surface area contributed by atoms with E-state index in [1.54, 1.807) is 0 Å². The highest BCUT2D eigenvalue weighted by atomic mass is 16.1. The molecule has 0 bridgehead atoms. The molecule has 124 valence electrons. The lowest BCUT2D eigenvalue weighted by atomic mass is 9.89. The van der Waals surface area contributed by atoms with Gasteiger partial charge in [0, 0.05) is 59.1 Å². The number of benzene rings is 2. The fourth-order valence-electron chi connectivity index (χ4n) is 4.06. The molecular formula is C21H19N3O. The van der Waals surface area contributed by atoms with Crippen LogP contribution in [0.25, 0.3) is 21.8 Å². The number of rotatable bonds is 2. The lowest BCUT2D eigenvalue weighted by Crippen LogP contribution is -2.35. The highest BCUT2D eigenvalue weighted by Crippen LogP contribution is 2.36. The Kier molecular flexibility index (Phi) is 3.25. The molecule has 2 aromatic heterocycles. The predicted molar refractivity (Wildman–Crippen MR) is 99.5 cm³/mol. The first-order valence-corrected chi connectivity index (χ1v) is 8.69. The van der Waals surface area contributed by atoms with Crippen molar-refractivity contribution in [2.75, 3.05) is 0 Å². The molecule has 4 aromatic rings. The smallest absolute Gasteiger partial charge is 0.136 e. The van der Waals surface area contributed by atoms with Gasteiger partial charge in [-0.2, -0.15) is 0 Å². The van der Waals surface area contributed by atoms with Crippen LogP contribution in [0.3, 0.4) is 0 Å². The zero-order valence-corrected chi connectivity index (χ0v) is 13.8. The normalized spacial score (nSPS) is 21.2. The van der Waals surface area contributed by atoms with E-state index in [-0.39, 0.29) is 12.1 Å². The number of Topliss-reactive ketones (excluding diaryl/α,β-unsaturated/α-hetero) is 1. The van der Waals surface area contributed by atoms with E-state index >= 15 is 0 Å². The summed E-state index contributed by atoms with van der Waals surface area (Å²) in [6.07, 6.45) is 5.15. The summed E-state index contributed by atoms with van der Waals surface area (Å²) >= 11 is 0. The molecule has 2 unspecified atom stereocenters. The maximum Gasteiger partial charge on any atom is 0.136 e. The van der Waals surface area contributed by atoms with E-state index in [4.69, 9.17) is 0 Å². The number of hydrogen-bond donors (Lipinski definition) is 3. The molecule has 0 amide bonds. The molecule has 5 rings (SSSR count). The van der Waals surface area contributed by atoms with Gasteiger partial charge in [-0.1, -0.05) is 36.4 Å². The van der Waals surface area contributed by atoms with Crippen molar-refractivity contribution in [1.29, 1.82) is 0 Å². The molecule has 0 radical (unpaired) electrons. The number of carbonyl (C=O) groups is 1. The van der Waals surface area contributed by atoms with Crippen molar-refractivity contribution >= 4 is 27.6 Å². The molecule has 25 heavy (non-hydrogen) atoms. The Labute approximate surface area is 145 Å². The molecule has 1 saturated heterocycles. The molecule has 4 nitrogen and oxygen atoms in total. The minimum Gasteiger partial charge on any atom is -0.361 e. The summed E-state index contributed by atoms with van der Waals surface area (Å²) in [5, 5.41) is 6.09. The first kappa shape index (κ1) is 14.5. The molecule has 2 atom stereocenters. The molecule has 1 fully saturated rings. The predicted octanol–water partition coefficient (Wildman–Crippen LogP) is 4.38. The van der Waals surface area contributed by atoms with Gasteiger partial charge in [0.05, 0.1) is 0 Å². The molecule has 3 heterocycles. The number of hydrogen-bond acceptors (Lipinski definition) is 2. The van der Waals surface area contributed by atoms with Crippen molar-refractivity contribution < 1.29 is 4.79 Å². The van der Waals surface area contributed by atoms with Crippen molar-refractivity contribution in [3.05, 3.63) is 72.1 Å². The second-order valence-electron chi connectivity index (χ2n) is 6.80. The molecular weight excluding hydrogens is 310 g/mol. The van der Waals surface area contributed by atoms with Gasteiger partial charge in [-0.05, 0) is 23.3 Å². The van der Waals surface area contributed by atoms with Crippen LogP contribution in [0, 0.1) is 0 Å². The van der Waals surface area contributed by atoms with Crippen molar-refractivity contribution in [3.63, 3.8) is 0 Å². The van der Waals surface area contributed by atoms with Crippen molar-refractivity contribution in [1.82, 2.24) is 15.3 Å². The molecule has 2 aromatic carbocycles. The van der Waals surface area contributed by atoms with Crippen LogP contribution >= 0.6 is 0 Å². The summed E-state index contributed by atoms with van der Waals surface area (Å²) in [4.78, 5) is 19.1. The number of aromatic nitrogens is 2. The van der Waals surface area contributed by atoms with Crippen LogP contribution in [-0.4, -0.2) is 15.8 Å². The molecule has 3 N–H and O–H groups in total. The Bertz CT molecular complexity index is 991. The van der Waals surface area contributed by atoms with Gasteiger partial charge in [0.15, 0.2) is 0 Å². The van der Waals surface area contributed by atoms with Crippen LogP contribution in [0.15, 0.2) is 60.9 Å². The van der Waals surface area contributed by atoms with Gasteiger partial charge in [-0.15, -0.1) is 0 Å². The van der Waals surface area contributed by atoms with E-state index in [0.29, 0.717) is 18.6 Å². The molecule has 0 aliphatic carbocycles. The zero-order chi connectivity index (χ0) is 16.8. The number of piperidine rings is 1. The minimum atomic E-state index is 0.0380. The highest BCUT2D eigenvalue weighted by molar-refractivity contribution is 5.88. The van der Waals surface area contributed by atoms with Gasteiger partial charge in [0.1, 0.15) is 5.78 Å². The largest absolute Gasteiger partial charge is 0.361 e. The van der Waals surface area contributed by atoms with Gasteiger partial charge in [-0.3, -0.25) is 4.79 Å². The Morgan fingerprint density at radius 3 is 1.72 bits per heavy atom. The average molecular weight is 329 g/mol. The third-order valence-corrected chi connectivity index (χ3v) is 5.26. The van der Waals surface area contributed by atoms with Crippen molar-refractivity contribution in [2.45, 2.75) is 24.9 Å². The van der Waals surface area contributed by atoms with Gasteiger partial charge in [0.2, 0.25) is 0 Å². The van der Waals surface area contributed by atoms with Gasteiger partial charge < -0.3 is 15.3 Å². The van der Waals surface area contributed by atoms with Gasteiger partial charge >= 0.3 is 0 Å². The zero-order valence-electron chi connectivity index (χ0n) is 13.8. The monoisotopic (exact) mass is 329 g/mol. The maximum absolute atomic E-state index is 12.5. The van der Waals surface area contributed by atoms with Crippen molar-refractivity contribution in [3.8, 4) is 0 Å². The topological polar surface area (TPSA) is 60.7 Å². The van der Waals surface area contributed by atoms with Crippen LogP contribution in [0.4, 0.5) is 0 Å². The van der Waals surface area contributed by atoms with E-state index < -0.39 is 0 Å². The van der Waals surface area contributed by atoms with E-state index in [1.807, 2.05) is 36.7 Å². The minimum absolute atomic E-state index is 0.0380. The summed E-state index contributed by atoms with van der Waals surface area (Å²) in [7, 11) is 0. The first-order chi connectivity index (χ1) is 12.3. The van der Waals surface area contributed by atoms with E-state index in [9.17, 15) is 4.79 Å². The molecule has 0 saturated carbocycles. The Morgan fingerprint density at radius 1 is 0.720 bits per heavy atom. The second-order valence-corrected chi connectivity index (χ2v) is 6.80. The third-order valence-electron chi connectivity index (χ3n) is 5.26. The number of nitrogens with one attached hydrogen (secondary N) is 3. The summed E-state index contributed by atoms with van der Waals surface area (Å²) in [5.74, 6) is 0.310.